The number of piperidine rings is 2. The van der Waals surface area contributed by atoms with Gasteiger partial charge < -0.3 is 10.2 Å². The Morgan fingerprint density at radius 2 is 1.89 bits per heavy atom. The Hall–Kier alpha value is -0.410. The number of thiazole rings is 1. The Kier molecular flexibility index (Phi) is 10.5. The maximum Gasteiger partial charge on any atom is 0.193 e. The maximum atomic E-state index is 5.01. The summed E-state index contributed by atoms with van der Waals surface area (Å²) in [6.07, 6.45) is 6.14. The molecule has 0 bridgehead atoms. The maximum absolute atomic E-state index is 5.01. The van der Waals surface area contributed by atoms with Gasteiger partial charge in [0.25, 0.3) is 0 Å². The summed E-state index contributed by atoms with van der Waals surface area (Å²) in [6.45, 7) is 14.3. The van der Waals surface area contributed by atoms with E-state index in [0.717, 1.165) is 56.9 Å². The van der Waals surface area contributed by atoms with Crippen LogP contribution in [-0.2, 0) is 13.0 Å². The lowest BCUT2D eigenvalue weighted by Gasteiger charge is -2.34. The third kappa shape index (κ3) is 7.13. The molecule has 2 saturated heterocycles. The van der Waals surface area contributed by atoms with Crippen molar-refractivity contribution in [3.8, 4) is 0 Å². The molecule has 2 aliphatic heterocycles. The number of aliphatic imine (C=N–C) groups is 1. The zero-order valence-corrected chi connectivity index (χ0v) is 21.0. The minimum absolute atomic E-state index is 0. The van der Waals surface area contributed by atoms with Gasteiger partial charge in [0.2, 0.25) is 0 Å². The highest BCUT2D eigenvalue weighted by molar-refractivity contribution is 14.0. The summed E-state index contributed by atoms with van der Waals surface area (Å²) in [4.78, 5) is 14.8. The van der Waals surface area contributed by atoms with Gasteiger partial charge in [-0.2, -0.15) is 0 Å². The number of aromatic nitrogens is 1. The summed E-state index contributed by atoms with van der Waals surface area (Å²) in [5.74, 6) is 2.72. The molecule has 0 saturated carbocycles. The molecule has 2 aliphatic rings. The van der Waals surface area contributed by atoms with E-state index in [1.54, 1.807) is 11.3 Å². The van der Waals surface area contributed by atoms with Crippen LogP contribution in [-0.4, -0.2) is 60.0 Å². The molecule has 0 amide bonds. The van der Waals surface area contributed by atoms with Crippen LogP contribution < -0.4 is 5.32 Å². The molecule has 3 rings (SSSR count). The number of aryl methyl sites for hydroxylation is 1. The number of nitrogens with one attached hydrogen (secondary N) is 1. The summed E-state index contributed by atoms with van der Waals surface area (Å²) >= 11 is 1.80. The molecular formula is C21H38IN5S. The van der Waals surface area contributed by atoms with E-state index in [1.165, 1.54) is 49.5 Å². The topological polar surface area (TPSA) is 43.8 Å². The first-order chi connectivity index (χ1) is 13.2. The van der Waals surface area contributed by atoms with E-state index in [2.05, 4.69) is 41.3 Å². The summed E-state index contributed by atoms with van der Waals surface area (Å²) in [5, 5.41) is 7.01. The Bertz CT molecular complexity index is 589. The van der Waals surface area contributed by atoms with E-state index in [4.69, 9.17) is 9.98 Å². The molecule has 0 spiro atoms. The van der Waals surface area contributed by atoms with Gasteiger partial charge in [-0.3, -0.25) is 9.89 Å². The number of guanidine groups is 1. The third-order valence-corrected chi connectivity index (χ3v) is 6.95. The van der Waals surface area contributed by atoms with Crippen LogP contribution in [0.15, 0.2) is 10.4 Å². The van der Waals surface area contributed by atoms with Crippen LogP contribution in [0.1, 0.15) is 57.2 Å². The van der Waals surface area contributed by atoms with Crippen LogP contribution in [0.5, 0.6) is 0 Å². The predicted molar refractivity (Wildman–Crippen MR) is 131 cm³/mol. The van der Waals surface area contributed by atoms with Crippen LogP contribution in [0, 0.1) is 11.8 Å². The van der Waals surface area contributed by atoms with Gasteiger partial charge in [-0.1, -0.05) is 13.8 Å². The van der Waals surface area contributed by atoms with Crippen molar-refractivity contribution in [3.63, 3.8) is 0 Å². The first-order valence-corrected chi connectivity index (χ1v) is 11.7. The van der Waals surface area contributed by atoms with Gasteiger partial charge >= 0.3 is 0 Å². The number of hydrogen-bond acceptors (Lipinski definition) is 4. The van der Waals surface area contributed by atoms with Crippen molar-refractivity contribution in [1.29, 1.82) is 0 Å². The number of hydrogen-bond donors (Lipinski definition) is 1. The van der Waals surface area contributed by atoms with E-state index < -0.39 is 0 Å². The zero-order valence-electron chi connectivity index (χ0n) is 17.8. The van der Waals surface area contributed by atoms with Gasteiger partial charge in [0.05, 0.1) is 10.7 Å². The summed E-state index contributed by atoms with van der Waals surface area (Å²) < 4.78 is 0. The summed E-state index contributed by atoms with van der Waals surface area (Å²) in [5.41, 5.74) is 1.25. The minimum atomic E-state index is 0. The Morgan fingerprint density at radius 3 is 2.50 bits per heavy atom. The molecule has 1 N–H and O–H groups in total. The number of rotatable bonds is 6. The third-order valence-electron chi connectivity index (χ3n) is 5.91. The standard InChI is InChI=1S/C21H37N5S.HI/c1-4-20-24-19(16-27-20)15-25-10-8-18(9-11-25)14-23-21(22-5-2)26-12-6-17(3)7-13-26;/h16-18H,4-15H2,1-3H3,(H,22,23);1H. The fourth-order valence-electron chi connectivity index (χ4n) is 4.00. The smallest absolute Gasteiger partial charge is 0.193 e. The molecule has 2 fully saturated rings. The number of halogens is 1. The first kappa shape index (κ1) is 23.9. The minimum Gasteiger partial charge on any atom is -0.357 e. The molecule has 160 valence electrons. The van der Waals surface area contributed by atoms with Crippen molar-refractivity contribution in [2.45, 2.75) is 59.4 Å². The van der Waals surface area contributed by atoms with Crippen LogP contribution in [0.2, 0.25) is 0 Å². The second-order valence-electron chi connectivity index (χ2n) is 8.17. The van der Waals surface area contributed by atoms with E-state index in [1.807, 2.05) is 0 Å². The van der Waals surface area contributed by atoms with Gasteiger partial charge in [-0.15, -0.1) is 35.3 Å². The quantitative estimate of drug-likeness (QED) is 0.347. The van der Waals surface area contributed by atoms with E-state index in [-0.39, 0.29) is 24.0 Å². The van der Waals surface area contributed by atoms with Crippen LogP contribution in [0.25, 0.3) is 0 Å². The molecule has 0 unspecified atom stereocenters. The molecule has 3 heterocycles. The Labute approximate surface area is 192 Å². The SMILES string of the molecule is CCNC(=NCC1CCN(Cc2csc(CC)n2)CC1)N1CCC(C)CC1.I. The molecule has 28 heavy (non-hydrogen) atoms. The van der Waals surface area contributed by atoms with Crippen molar-refractivity contribution in [2.24, 2.45) is 16.8 Å². The number of likely N-dealkylation sites (tertiary alicyclic amines) is 2. The van der Waals surface area contributed by atoms with Crippen molar-refractivity contribution < 1.29 is 0 Å². The molecule has 0 radical (unpaired) electrons. The predicted octanol–water partition coefficient (Wildman–Crippen LogP) is 4.23. The van der Waals surface area contributed by atoms with Crippen molar-refractivity contribution in [1.82, 2.24) is 20.1 Å². The summed E-state index contributed by atoms with van der Waals surface area (Å²) in [7, 11) is 0. The molecule has 5 nitrogen and oxygen atoms in total. The average molecular weight is 520 g/mol. The van der Waals surface area contributed by atoms with E-state index >= 15 is 0 Å². The summed E-state index contributed by atoms with van der Waals surface area (Å²) in [6, 6.07) is 0. The lowest BCUT2D eigenvalue weighted by molar-refractivity contribution is 0.178. The molecule has 7 heteroatoms. The van der Waals surface area contributed by atoms with E-state index in [0.29, 0.717) is 0 Å². The van der Waals surface area contributed by atoms with Crippen molar-refractivity contribution in [3.05, 3.63) is 16.1 Å². The van der Waals surface area contributed by atoms with E-state index in [9.17, 15) is 0 Å². The van der Waals surface area contributed by atoms with Gasteiger partial charge in [-0.05, 0) is 64.0 Å². The molecule has 1 aromatic rings. The largest absolute Gasteiger partial charge is 0.357 e. The Balaban J connectivity index is 0.00000280. The normalized spacial score (nSPS) is 20.2. The molecule has 0 aliphatic carbocycles. The fourth-order valence-corrected chi connectivity index (χ4v) is 4.74. The van der Waals surface area contributed by atoms with Crippen molar-refractivity contribution in [2.75, 3.05) is 39.3 Å². The van der Waals surface area contributed by atoms with Crippen molar-refractivity contribution >= 4 is 41.3 Å². The second kappa shape index (κ2) is 12.3. The lowest BCUT2D eigenvalue weighted by atomic mass is 9.97. The second-order valence-corrected chi connectivity index (χ2v) is 9.11. The Morgan fingerprint density at radius 1 is 1.18 bits per heavy atom. The zero-order chi connectivity index (χ0) is 19.1. The van der Waals surface area contributed by atoms with Gasteiger partial charge in [-0.25, -0.2) is 4.98 Å². The van der Waals surface area contributed by atoms with Gasteiger partial charge in [0.15, 0.2) is 5.96 Å². The van der Waals surface area contributed by atoms with Gasteiger partial charge in [0, 0.05) is 38.1 Å². The lowest BCUT2D eigenvalue weighted by Crippen LogP contribution is -2.45. The first-order valence-electron chi connectivity index (χ1n) is 10.9. The van der Waals surface area contributed by atoms with Gasteiger partial charge in [0.1, 0.15) is 0 Å². The molecular weight excluding hydrogens is 481 g/mol. The monoisotopic (exact) mass is 519 g/mol. The van der Waals surface area contributed by atoms with Crippen LogP contribution >= 0.6 is 35.3 Å². The highest BCUT2D eigenvalue weighted by Crippen LogP contribution is 2.21. The highest BCUT2D eigenvalue weighted by atomic mass is 127. The van der Waals surface area contributed by atoms with Crippen LogP contribution in [0.4, 0.5) is 0 Å². The van der Waals surface area contributed by atoms with Crippen LogP contribution in [0.3, 0.4) is 0 Å². The molecule has 1 aromatic heterocycles. The highest BCUT2D eigenvalue weighted by Gasteiger charge is 2.22. The molecule has 0 aromatic carbocycles. The average Bonchev–Trinajstić information content (AvgIpc) is 3.15. The number of nitrogens with zero attached hydrogens (tertiary/aromatic N) is 4. The molecule has 0 atom stereocenters. The fraction of sp³-hybridized carbons (Fsp3) is 0.810.